The van der Waals surface area contributed by atoms with Crippen LogP contribution in [-0.2, 0) is 0 Å². The average molecular weight is 369 g/mol. The van der Waals surface area contributed by atoms with E-state index in [9.17, 15) is 0 Å². The van der Waals surface area contributed by atoms with Crippen molar-refractivity contribution in [1.29, 1.82) is 0 Å². The van der Waals surface area contributed by atoms with Crippen LogP contribution >= 0.6 is 0 Å². The van der Waals surface area contributed by atoms with Gasteiger partial charge in [0.05, 0.1) is 12.1 Å². The Morgan fingerprint density at radius 2 is 1.96 bits per heavy atom. The van der Waals surface area contributed by atoms with Gasteiger partial charge in [0.2, 0.25) is 0 Å². The zero-order valence-corrected chi connectivity index (χ0v) is 15.4. The summed E-state index contributed by atoms with van der Waals surface area (Å²) < 4.78 is 1.88. The standard InChI is InChI=1S/C21H19N7/c1-13-11-17(15-3-2-8-23-12-15)18(20-24-9-10-25-20)21-26-19(27-28(13)21)14-4-6-16(22)7-5-14/h2-8,11-12H,9-10,22H2,1H3,(H,24,25). The van der Waals surface area contributed by atoms with Crippen LogP contribution in [0.4, 0.5) is 5.69 Å². The highest BCUT2D eigenvalue weighted by molar-refractivity contribution is 6.10. The molecule has 4 aromatic rings. The van der Waals surface area contributed by atoms with Crippen LogP contribution in [0, 0.1) is 6.92 Å². The van der Waals surface area contributed by atoms with Crippen molar-refractivity contribution in [3.8, 4) is 22.5 Å². The van der Waals surface area contributed by atoms with E-state index in [1.165, 1.54) is 0 Å². The second-order valence-electron chi connectivity index (χ2n) is 6.77. The number of nitrogen functional groups attached to an aromatic ring is 1. The van der Waals surface area contributed by atoms with Gasteiger partial charge in [0.15, 0.2) is 11.5 Å². The number of pyridine rings is 2. The second kappa shape index (κ2) is 6.45. The third kappa shape index (κ3) is 2.68. The number of amidine groups is 1. The molecule has 0 radical (unpaired) electrons. The van der Waals surface area contributed by atoms with Crippen molar-refractivity contribution >= 4 is 17.2 Å². The maximum atomic E-state index is 5.82. The molecular weight excluding hydrogens is 350 g/mol. The predicted molar refractivity (Wildman–Crippen MR) is 110 cm³/mol. The molecule has 0 unspecified atom stereocenters. The fourth-order valence-corrected chi connectivity index (χ4v) is 3.49. The SMILES string of the molecule is Cc1cc(-c2cccnc2)c(C2=NCCN2)c2nc(-c3ccc(N)cc3)nn12. The molecule has 0 atom stereocenters. The van der Waals surface area contributed by atoms with E-state index in [1.807, 2.05) is 48.0 Å². The van der Waals surface area contributed by atoms with Gasteiger partial charge in [0.25, 0.3) is 0 Å². The normalized spacial score (nSPS) is 13.5. The van der Waals surface area contributed by atoms with Crippen molar-refractivity contribution in [2.75, 3.05) is 18.8 Å². The van der Waals surface area contributed by atoms with E-state index in [0.29, 0.717) is 11.5 Å². The zero-order valence-electron chi connectivity index (χ0n) is 15.4. The maximum absolute atomic E-state index is 5.82. The lowest BCUT2D eigenvalue weighted by molar-refractivity contribution is 0.916. The van der Waals surface area contributed by atoms with Crippen LogP contribution in [0.25, 0.3) is 28.2 Å². The molecule has 0 saturated carbocycles. The molecule has 5 rings (SSSR count). The number of nitrogens with one attached hydrogen (secondary N) is 1. The first-order chi connectivity index (χ1) is 13.7. The fourth-order valence-electron chi connectivity index (χ4n) is 3.49. The summed E-state index contributed by atoms with van der Waals surface area (Å²) in [5.74, 6) is 1.51. The van der Waals surface area contributed by atoms with E-state index < -0.39 is 0 Å². The largest absolute Gasteiger partial charge is 0.399 e. The van der Waals surface area contributed by atoms with Crippen LogP contribution in [0.15, 0.2) is 59.9 Å². The van der Waals surface area contributed by atoms with E-state index in [1.54, 1.807) is 6.20 Å². The summed E-state index contributed by atoms with van der Waals surface area (Å²) in [6.45, 7) is 3.60. The molecule has 28 heavy (non-hydrogen) atoms. The number of hydrogen-bond acceptors (Lipinski definition) is 6. The van der Waals surface area contributed by atoms with Crippen LogP contribution in [0.1, 0.15) is 11.3 Å². The minimum Gasteiger partial charge on any atom is -0.399 e. The Bertz CT molecular complexity index is 1190. The third-order valence-electron chi connectivity index (χ3n) is 4.84. The Hall–Kier alpha value is -3.74. The van der Waals surface area contributed by atoms with Gasteiger partial charge < -0.3 is 11.1 Å². The van der Waals surface area contributed by atoms with Crippen molar-refractivity contribution in [3.05, 3.63) is 66.1 Å². The van der Waals surface area contributed by atoms with Gasteiger partial charge in [-0.05, 0) is 48.9 Å². The molecule has 0 spiro atoms. The van der Waals surface area contributed by atoms with Gasteiger partial charge in [0, 0.05) is 41.4 Å². The highest BCUT2D eigenvalue weighted by atomic mass is 15.3. The molecule has 3 aromatic heterocycles. The Kier molecular flexibility index (Phi) is 3.79. The van der Waals surface area contributed by atoms with E-state index in [-0.39, 0.29) is 0 Å². The number of nitrogens with zero attached hydrogens (tertiary/aromatic N) is 5. The smallest absolute Gasteiger partial charge is 0.182 e. The van der Waals surface area contributed by atoms with E-state index in [2.05, 4.69) is 27.4 Å². The molecule has 1 aliphatic heterocycles. The van der Waals surface area contributed by atoms with Crippen LogP contribution in [0.3, 0.4) is 0 Å². The van der Waals surface area contributed by atoms with Crippen molar-refractivity contribution in [1.82, 2.24) is 24.9 Å². The van der Waals surface area contributed by atoms with Crippen molar-refractivity contribution in [3.63, 3.8) is 0 Å². The first-order valence-corrected chi connectivity index (χ1v) is 9.16. The molecule has 0 amide bonds. The highest BCUT2D eigenvalue weighted by Crippen LogP contribution is 2.30. The van der Waals surface area contributed by atoms with Crippen LogP contribution in [0.5, 0.6) is 0 Å². The van der Waals surface area contributed by atoms with Gasteiger partial charge in [-0.3, -0.25) is 9.98 Å². The number of rotatable bonds is 3. The minimum absolute atomic E-state index is 0.659. The molecule has 0 fully saturated rings. The number of aryl methyl sites for hydroxylation is 1. The Labute approximate surface area is 162 Å². The number of anilines is 1. The van der Waals surface area contributed by atoms with Crippen molar-refractivity contribution < 1.29 is 0 Å². The summed E-state index contributed by atoms with van der Waals surface area (Å²) in [6.07, 6.45) is 3.64. The van der Waals surface area contributed by atoms with E-state index in [4.69, 9.17) is 15.8 Å². The van der Waals surface area contributed by atoms with Gasteiger partial charge in [-0.1, -0.05) is 6.07 Å². The summed E-state index contributed by atoms with van der Waals surface area (Å²) in [5.41, 5.74) is 12.2. The molecule has 7 heteroatoms. The number of fused-ring (bicyclic) bond motifs is 1. The molecule has 1 aromatic carbocycles. The molecule has 0 bridgehead atoms. The van der Waals surface area contributed by atoms with Gasteiger partial charge in [-0.2, -0.15) is 0 Å². The summed E-state index contributed by atoms with van der Waals surface area (Å²) in [7, 11) is 0. The molecule has 1 aliphatic rings. The minimum atomic E-state index is 0.659. The molecule has 138 valence electrons. The van der Waals surface area contributed by atoms with E-state index in [0.717, 1.165) is 52.5 Å². The molecule has 3 N–H and O–H groups in total. The molecular formula is C21H19N7. The van der Waals surface area contributed by atoms with Crippen molar-refractivity contribution in [2.45, 2.75) is 6.92 Å². The van der Waals surface area contributed by atoms with Gasteiger partial charge in [-0.15, -0.1) is 5.10 Å². The molecule has 7 nitrogen and oxygen atoms in total. The number of aliphatic imine (C=N–C) groups is 1. The first-order valence-electron chi connectivity index (χ1n) is 9.16. The first kappa shape index (κ1) is 16.4. The topological polar surface area (TPSA) is 93.5 Å². The van der Waals surface area contributed by atoms with Gasteiger partial charge in [-0.25, -0.2) is 9.50 Å². The summed E-state index contributed by atoms with van der Waals surface area (Å²) in [6, 6.07) is 13.7. The lowest BCUT2D eigenvalue weighted by Crippen LogP contribution is -2.21. The number of aromatic nitrogens is 4. The predicted octanol–water partition coefficient (Wildman–Crippen LogP) is 2.70. The Morgan fingerprint density at radius 3 is 2.68 bits per heavy atom. The maximum Gasteiger partial charge on any atom is 0.182 e. The fraction of sp³-hybridized carbons (Fsp3) is 0.143. The zero-order chi connectivity index (χ0) is 19.1. The van der Waals surface area contributed by atoms with Gasteiger partial charge >= 0.3 is 0 Å². The van der Waals surface area contributed by atoms with Gasteiger partial charge in [0.1, 0.15) is 5.84 Å². The quantitative estimate of drug-likeness (QED) is 0.542. The van der Waals surface area contributed by atoms with Crippen LogP contribution in [-0.4, -0.2) is 38.5 Å². The number of hydrogen-bond donors (Lipinski definition) is 2. The molecule has 4 heterocycles. The Morgan fingerprint density at radius 1 is 1.11 bits per heavy atom. The Balaban J connectivity index is 1.79. The number of benzene rings is 1. The lowest BCUT2D eigenvalue weighted by Gasteiger charge is -2.13. The van der Waals surface area contributed by atoms with Crippen molar-refractivity contribution in [2.24, 2.45) is 4.99 Å². The molecule has 0 aliphatic carbocycles. The summed E-state index contributed by atoms with van der Waals surface area (Å²) in [4.78, 5) is 13.8. The highest BCUT2D eigenvalue weighted by Gasteiger charge is 2.22. The van der Waals surface area contributed by atoms with Crippen LogP contribution in [0.2, 0.25) is 0 Å². The lowest BCUT2D eigenvalue weighted by atomic mass is 10.0. The number of nitrogens with two attached hydrogens (primary N) is 1. The molecule has 0 saturated heterocycles. The van der Waals surface area contributed by atoms with Crippen LogP contribution < -0.4 is 11.1 Å². The van der Waals surface area contributed by atoms with E-state index >= 15 is 0 Å². The second-order valence-corrected chi connectivity index (χ2v) is 6.77. The average Bonchev–Trinajstić information content (AvgIpc) is 3.40. The summed E-state index contributed by atoms with van der Waals surface area (Å²) in [5, 5.41) is 8.13. The summed E-state index contributed by atoms with van der Waals surface area (Å²) >= 11 is 0. The third-order valence-corrected chi connectivity index (χ3v) is 4.84. The monoisotopic (exact) mass is 369 g/mol.